The Balaban J connectivity index is 2.46. The molecule has 76 valence electrons. The second-order valence-electron chi connectivity index (χ2n) is 2.90. The molecule has 1 heterocycles. The Morgan fingerprint density at radius 3 is 2.53 bits per heavy atom. The van der Waals surface area contributed by atoms with Gasteiger partial charge in [-0.3, -0.25) is 0 Å². The molecule has 0 fully saturated rings. The van der Waals surface area contributed by atoms with E-state index in [1.54, 1.807) is 0 Å². The van der Waals surface area contributed by atoms with E-state index in [0.717, 1.165) is 5.56 Å². The fraction of sp³-hybridized carbons (Fsp3) is 0.100. The molecule has 2 rings (SSSR count). The zero-order valence-corrected chi connectivity index (χ0v) is 9.03. The number of anilines is 1. The Hall–Kier alpha value is -1.62. The highest BCUT2D eigenvalue weighted by molar-refractivity contribution is 7.98. The number of rotatable bonds is 2. The Bertz CT molecular complexity index is 458. The molecule has 1 aromatic heterocycles. The highest BCUT2D eigenvalue weighted by Crippen LogP contribution is 2.20. The predicted octanol–water partition coefficient (Wildman–Crippen LogP) is 1.84. The molecular weight excluding hydrogens is 208 g/mol. The van der Waals surface area contributed by atoms with Crippen LogP contribution in [0.4, 0.5) is 5.82 Å². The van der Waals surface area contributed by atoms with Gasteiger partial charge in [-0.2, -0.15) is 0 Å². The van der Waals surface area contributed by atoms with Gasteiger partial charge in [0.25, 0.3) is 0 Å². The first-order valence-electron chi connectivity index (χ1n) is 4.41. The Kier molecular flexibility index (Phi) is 2.82. The smallest absolute Gasteiger partial charge is 0.182 e. The van der Waals surface area contributed by atoms with E-state index in [1.807, 2.05) is 36.6 Å². The minimum absolute atomic E-state index is 0.377. The summed E-state index contributed by atoms with van der Waals surface area (Å²) in [7, 11) is 0. The molecule has 0 saturated heterocycles. The number of aromatic nitrogens is 3. The molecule has 15 heavy (non-hydrogen) atoms. The minimum Gasteiger partial charge on any atom is -0.380 e. The van der Waals surface area contributed by atoms with E-state index in [9.17, 15) is 0 Å². The lowest BCUT2D eigenvalue weighted by Crippen LogP contribution is -2.00. The van der Waals surface area contributed by atoms with Crippen molar-refractivity contribution in [1.82, 2.24) is 15.2 Å². The first-order chi connectivity index (χ1) is 7.31. The molecule has 0 aliphatic heterocycles. The van der Waals surface area contributed by atoms with Crippen molar-refractivity contribution in [3.63, 3.8) is 0 Å². The predicted molar refractivity (Wildman–Crippen MR) is 61.5 cm³/mol. The fourth-order valence-electron chi connectivity index (χ4n) is 1.18. The maximum Gasteiger partial charge on any atom is 0.182 e. The molecule has 4 nitrogen and oxygen atoms in total. The Morgan fingerprint density at radius 1 is 1.13 bits per heavy atom. The number of nitrogen functional groups attached to an aromatic ring is 1. The number of hydrogen-bond acceptors (Lipinski definition) is 5. The van der Waals surface area contributed by atoms with Gasteiger partial charge in [0.05, 0.1) is 0 Å². The van der Waals surface area contributed by atoms with Crippen LogP contribution in [0, 0.1) is 0 Å². The van der Waals surface area contributed by atoms with E-state index >= 15 is 0 Å². The first-order valence-corrected chi connectivity index (χ1v) is 5.63. The second kappa shape index (κ2) is 4.27. The van der Waals surface area contributed by atoms with Gasteiger partial charge in [-0.15, -0.1) is 22.0 Å². The number of benzene rings is 1. The summed E-state index contributed by atoms with van der Waals surface area (Å²) in [6.45, 7) is 0. The summed E-state index contributed by atoms with van der Waals surface area (Å²) in [5.74, 6) is 0.983. The molecule has 0 bridgehead atoms. The number of nitrogens with two attached hydrogens (primary N) is 1. The van der Waals surface area contributed by atoms with Crippen molar-refractivity contribution < 1.29 is 0 Å². The lowest BCUT2D eigenvalue weighted by molar-refractivity contribution is 0.930. The van der Waals surface area contributed by atoms with E-state index in [4.69, 9.17) is 5.73 Å². The SMILES string of the molecule is CSc1nc(-c2ccccc2)nnc1N. The van der Waals surface area contributed by atoms with Crippen molar-refractivity contribution >= 4 is 17.6 Å². The molecule has 0 aliphatic rings. The maximum atomic E-state index is 5.62. The van der Waals surface area contributed by atoms with Crippen molar-refractivity contribution in [2.24, 2.45) is 0 Å². The van der Waals surface area contributed by atoms with Gasteiger partial charge in [-0.25, -0.2) is 4.98 Å². The van der Waals surface area contributed by atoms with Gasteiger partial charge >= 0.3 is 0 Å². The fourth-order valence-corrected chi connectivity index (χ4v) is 1.61. The highest BCUT2D eigenvalue weighted by Gasteiger charge is 2.06. The molecule has 0 atom stereocenters. The second-order valence-corrected chi connectivity index (χ2v) is 3.69. The van der Waals surface area contributed by atoms with Crippen LogP contribution in [0.1, 0.15) is 0 Å². The third-order valence-electron chi connectivity index (χ3n) is 1.90. The third kappa shape index (κ3) is 2.07. The van der Waals surface area contributed by atoms with E-state index in [1.165, 1.54) is 11.8 Å². The summed E-state index contributed by atoms with van der Waals surface area (Å²) < 4.78 is 0. The molecule has 1 aromatic carbocycles. The first kappa shape index (κ1) is 9.92. The molecule has 0 amide bonds. The number of nitrogens with zero attached hydrogens (tertiary/aromatic N) is 3. The van der Waals surface area contributed by atoms with Crippen LogP contribution in [0.3, 0.4) is 0 Å². The topological polar surface area (TPSA) is 64.7 Å². The average molecular weight is 218 g/mol. The van der Waals surface area contributed by atoms with Crippen LogP contribution in [0.15, 0.2) is 35.4 Å². The number of hydrogen-bond donors (Lipinski definition) is 1. The van der Waals surface area contributed by atoms with Gasteiger partial charge in [0.2, 0.25) is 0 Å². The standard InChI is InChI=1S/C10H10N4S/c1-15-10-8(11)13-14-9(12-10)7-5-3-2-4-6-7/h2-6H,1H3,(H2,11,13). The third-order valence-corrected chi connectivity index (χ3v) is 2.59. The van der Waals surface area contributed by atoms with Crippen LogP contribution in [-0.4, -0.2) is 21.4 Å². The molecule has 5 heteroatoms. The summed E-state index contributed by atoms with van der Waals surface area (Å²) in [5.41, 5.74) is 6.57. The zero-order valence-electron chi connectivity index (χ0n) is 8.21. The Morgan fingerprint density at radius 2 is 1.87 bits per heavy atom. The number of thioether (sulfide) groups is 1. The molecule has 0 radical (unpaired) electrons. The average Bonchev–Trinajstić information content (AvgIpc) is 2.31. The quantitative estimate of drug-likeness (QED) is 0.779. The van der Waals surface area contributed by atoms with E-state index in [-0.39, 0.29) is 0 Å². The summed E-state index contributed by atoms with van der Waals surface area (Å²) >= 11 is 1.47. The van der Waals surface area contributed by atoms with Crippen LogP contribution in [0.5, 0.6) is 0 Å². The van der Waals surface area contributed by atoms with Crippen molar-refractivity contribution in [2.45, 2.75) is 5.03 Å². The van der Waals surface area contributed by atoms with Gasteiger partial charge in [0.15, 0.2) is 11.6 Å². The molecule has 2 aromatic rings. The van der Waals surface area contributed by atoms with Crippen molar-refractivity contribution in [1.29, 1.82) is 0 Å². The molecule has 0 unspecified atom stereocenters. The van der Waals surface area contributed by atoms with E-state index < -0.39 is 0 Å². The minimum atomic E-state index is 0.377. The van der Waals surface area contributed by atoms with E-state index in [2.05, 4.69) is 15.2 Å². The zero-order chi connectivity index (χ0) is 10.7. The monoisotopic (exact) mass is 218 g/mol. The van der Waals surface area contributed by atoms with Gasteiger partial charge in [-0.05, 0) is 6.26 Å². The van der Waals surface area contributed by atoms with Crippen molar-refractivity contribution in [2.75, 3.05) is 12.0 Å². The lowest BCUT2D eigenvalue weighted by Gasteiger charge is -2.02. The molecule has 0 saturated carbocycles. The summed E-state index contributed by atoms with van der Waals surface area (Å²) in [6.07, 6.45) is 1.91. The van der Waals surface area contributed by atoms with Crippen LogP contribution < -0.4 is 5.73 Å². The largest absolute Gasteiger partial charge is 0.380 e. The molecule has 0 spiro atoms. The van der Waals surface area contributed by atoms with Crippen LogP contribution >= 0.6 is 11.8 Å². The normalized spacial score (nSPS) is 10.2. The summed E-state index contributed by atoms with van der Waals surface area (Å²) in [6, 6.07) is 9.71. The van der Waals surface area contributed by atoms with Gasteiger partial charge in [0, 0.05) is 5.56 Å². The lowest BCUT2D eigenvalue weighted by atomic mass is 10.2. The van der Waals surface area contributed by atoms with Crippen molar-refractivity contribution in [3.8, 4) is 11.4 Å². The van der Waals surface area contributed by atoms with Gasteiger partial charge in [-0.1, -0.05) is 30.3 Å². The van der Waals surface area contributed by atoms with Crippen LogP contribution in [-0.2, 0) is 0 Å². The van der Waals surface area contributed by atoms with E-state index in [0.29, 0.717) is 16.7 Å². The molecular formula is C10H10N4S. The Labute approximate surface area is 91.9 Å². The van der Waals surface area contributed by atoms with Gasteiger partial charge in [0.1, 0.15) is 5.03 Å². The highest BCUT2D eigenvalue weighted by atomic mass is 32.2. The van der Waals surface area contributed by atoms with Crippen LogP contribution in [0.2, 0.25) is 0 Å². The van der Waals surface area contributed by atoms with Crippen molar-refractivity contribution in [3.05, 3.63) is 30.3 Å². The molecule has 2 N–H and O–H groups in total. The van der Waals surface area contributed by atoms with Crippen LogP contribution in [0.25, 0.3) is 11.4 Å². The molecule has 0 aliphatic carbocycles. The summed E-state index contributed by atoms with van der Waals surface area (Å²) in [5, 5.41) is 8.54. The summed E-state index contributed by atoms with van der Waals surface area (Å²) in [4.78, 5) is 4.33. The van der Waals surface area contributed by atoms with Gasteiger partial charge < -0.3 is 5.73 Å². The maximum absolute atomic E-state index is 5.62.